The van der Waals surface area contributed by atoms with Gasteiger partial charge in [-0.3, -0.25) is 4.90 Å². The van der Waals surface area contributed by atoms with Crippen molar-refractivity contribution >= 4 is 0 Å². The molecule has 0 aliphatic heterocycles. The third-order valence-electron chi connectivity index (χ3n) is 6.73. The van der Waals surface area contributed by atoms with Crippen molar-refractivity contribution in [2.75, 3.05) is 13.1 Å². The largest absolute Gasteiger partial charge is 0.416 e. The Bertz CT molecular complexity index is 827. The summed E-state index contributed by atoms with van der Waals surface area (Å²) in [5.41, 5.74) is 11.3. The van der Waals surface area contributed by atoms with Crippen molar-refractivity contribution in [3.05, 3.63) is 69.8 Å². The van der Waals surface area contributed by atoms with Crippen molar-refractivity contribution in [3.63, 3.8) is 0 Å². The molecule has 0 saturated heterocycles. The van der Waals surface area contributed by atoms with Gasteiger partial charge >= 0.3 is 6.18 Å². The number of rotatable bonds is 7. The molecule has 3 rings (SSSR count). The van der Waals surface area contributed by atoms with Gasteiger partial charge in [-0.05, 0) is 99.2 Å². The number of halogens is 3. The first-order chi connectivity index (χ1) is 14.7. The molecule has 0 aromatic heterocycles. The van der Waals surface area contributed by atoms with E-state index in [9.17, 15) is 13.2 Å². The number of benzene rings is 2. The number of nitrogens with two attached hydrogens (primary N) is 1. The van der Waals surface area contributed by atoms with E-state index in [1.807, 2.05) is 0 Å². The van der Waals surface area contributed by atoms with Gasteiger partial charge in [0.05, 0.1) is 5.56 Å². The molecule has 2 N–H and O–H groups in total. The Hall–Kier alpha value is -1.85. The van der Waals surface area contributed by atoms with Crippen LogP contribution < -0.4 is 5.73 Å². The average Bonchev–Trinajstić information content (AvgIpc) is 2.71. The van der Waals surface area contributed by atoms with E-state index in [4.69, 9.17) is 5.73 Å². The van der Waals surface area contributed by atoms with Gasteiger partial charge in [0.25, 0.3) is 0 Å². The molecule has 0 amide bonds. The molecular weight excluding hydrogens is 397 g/mol. The van der Waals surface area contributed by atoms with E-state index >= 15 is 0 Å². The van der Waals surface area contributed by atoms with E-state index in [1.165, 1.54) is 60.1 Å². The lowest BCUT2D eigenvalue weighted by atomic mass is 9.81. The van der Waals surface area contributed by atoms with Crippen molar-refractivity contribution < 1.29 is 13.2 Å². The van der Waals surface area contributed by atoms with Crippen LogP contribution in [0, 0.1) is 32.6 Å². The van der Waals surface area contributed by atoms with E-state index in [1.54, 1.807) is 12.1 Å². The van der Waals surface area contributed by atoms with Crippen molar-refractivity contribution in [2.45, 2.75) is 65.7 Å². The van der Waals surface area contributed by atoms with E-state index in [-0.39, 0.29) is 0 Å². The number of aryl methyl sites for hydroxylation is 3. The van der Waals surface area contributed by atoms with Crippen LogP contribution in [-0.2, 0) is 19.3 Å². The Kier molecular flexibility index (Phi) is 7.82. The van der Waals surface area contributed by atoms with Gasteiger partial charge in [-0.15, -0.1) is 0 Å². The normalized spacial score (nSPS) is 19.7. The van der Waals surface area contributed by atoms with E-state index < -0.39 is 11.7 Å². The van der Waals surface area contributed by atoms with E-state index in [2.05, 4.69) is 37.8 Å². The number of hydrogen-bond donors (Lipinski definition) is 1. The molecule has 0 radical (unpaired) electrons. The molecule has 1 aliphatic carbocycles. The SMILES string of the molecule is Cc1cc(C)c(CN(Cc2ccc(C(F)(F)F)cc2)CC2CCC(CN)CC2)c(C)c1. The average molecular weight is 433 g/mol. The lowest BCUT2D eigenvalue weighted by Crippen LogP contribution is -2.32. The third-order valence-corrected chi connectivity index (χ3v) is 6.73. The predicted octanol–water partition coefficient (Wildman–Crippen LogP) is 6.40. The molecule has 0 unspecified atom stereocenters. The third kappa shape index (κ3) is 6.56. The molecule has 0 bridgehead atoms. The van der Waals surface area contributed by atoms with Crippen LogP contribution >= 0.6 is 0 Å². The van der Waals surface area contributed by atoms with E-state index in [0.29, 0.717) is 18.4 Å². The molecule has 2 nitrogen and oxygen atoms in total. The summed E-state index contributed by atoms with van der Waals surface area (Å²) in [6.45, 7) is 9.61. The molecule has 1 fully saturated rings. The van der Waals surface area contributed by atoms with Gasteiger partial charge in [0.1, 0.15) is 0 Å². The Morgan fingerprint density at radius 1 is 0.871 bits per heavy atom. The van der Waals surface area contributed by atoms with Crippen LogP contribution in [0.4, 0.5) is 13.2 Å². The van der Waals surface area contributed by atoms with Gasteiger partial charge < -0.3 is 5.73 Å². The van der Waals surface area contributed by atoms with Crippen molar-refractivity contribution in [1.82, 2.24) is 4.90 Å². The molecule has 0 heterocycles. The maximum Gasteiger partial charge on any atom is 0.416 e. The van der Waals surface area contributed by atoms with Crippen LogP contribution in [-0.4, -0.2) is 18.0 Å². The molecule has 31 heavy (non-hydrogen) atoms. The fraction of sp³-hybridized carbons (Fsp3) is 0.538. The maximum absolute atomic E-state index is 12.9. The first-order valence-electron chi connectivity index (χ1n) is 11.3. The highest BCUT2D eigenvalue weighted by Crippen LogP contribution is 2.31. The summed E-state index contributed by atoms with van der Waals surface area (Å²) in [7, 11) is 0. The molecule has 0 atom stereocenters. The van der Waals surface area contributed by atoms with Crippen LogP contribution in [0.15, 0.2) is 36.4 Å². The summed E-state index contributed by atoms with van der Waals surface area (Å²) in [4.78, 5) is 2.42. The number of alkyl halides is 3. The van der Waals surface area contributed by atoms with Crippen molar-refractivity contribution in [1.29, 1.82) is 0 Å². The van der Waals surface area contributed by atoms with Crippen LogP contribution in [0.2, 0.25) is 0 Å². The second-order valence-corrected chi connectivity index (χ2v) is 9.36. The summed E-state index contributed by atoms with van der Waals surface area (Å²) in [6, 6.07) is 10.1. The Balaban J connectivity index is 1.77. The summed E-state index contributed by atoms with van der Waals surface area (Å²) in [5, 5.41) is 0. The standard InChI is InChI=1S/C26H35F3N2/c1-18-12-19(2)25(20(3)13-18)17-31(15-22-6-4-21(14-30)5-7-22)16-23-8-10-24(11-9-23)26(27,28)29/h8-13,21-22H,4-7,14-17,30H2,1-3H3. The fourth-order valence-corrected chi connectivity index (χ4v) is 4.94. The number of nitrogens with zero attached hydrogens (tertiary/aromatic N) is 1. The molecular formula is C26H35F3N2. The zero-order valence-corrected chi connectivity index (χ0v) is 18.9. The number of hydrogen-bond acceptors (Lipinski definition) is 2. The molecule has 1 saturated carbocycles. The highest BCUT2D eigenvalue weighted by molar-refractivity contribution is 5.37. The summed E-state index contributed by atoms with van der Waals surface area (Å²) < 4.78 is 38.8. The van der Waals surface area contributed by atoms with Gasteiger partial charge in [-0.1, -0.05) is 29.8 Å². The van der Waals surface area contributed by atoms with E-state index in [0.717, 1.165) is 25.2 Å². The lowest BCUT2D eigenvalue weighted by molar-refractivity contribution is -0.137. The smallest absolute Gasteiger partial charge is 0.330 e. The molecule has 0 spiro atoms. The highest BCUT2D eigenvalue weighted by atomic mass is 19.4. The molecule has 5 heteroatoms. The van der Waals surface area contributed by atoms with Gasteiger partial charge in [-0.25, -0.2) is 0 Å². The van der Waals surface area contributed by atoms with Crippen LogP contribution in [0.5, 0.6) is 0 Å². The minimum absolute atomic E-state index is 0.590. The first-order valence-corrected chi connectivity index (χ1v) is 11.3. The molecule has 170 valence electrons. The topological polar surface area (TPSA) is 29.3 Å². The minimum Gasteiger partial charge on any atom is -0.330 e. The Morgan fingerprint density at radius 3 is 1.94 bits per heavy atom. The summed E-state index contributed by atoms with van der Waals surface area (Å²) >= 11 is 0. The monoisotopic (exact) mass is 432 g/mol. The van der Waals surface area contributed by atoms with Crippen LogP contribution in [0.3, 0.4) is 0 Å². The summed E-state index contributed by atoms with van der Waals surface area (Å²) in [6.07, 6.45) is 0.417. The minimum atomic E-state index is -4.30. The fourth-order valence-electron chi connectivity index (χ4n) is 4.94. The quantitative estimate of drug-likeness (QED) is 0.549. The first kappa shape index (κ1) is 23.8. The zero-order valence-electron chi connectivity index (χ0n) is 18.9. The maximum atomic E-state index is 12.9. The lowest BCUT2D eigenvalue weighted by Gasteiger charge is -2.33. The highest BCUT2D eigenvalue weighted by Gasteiger charge is 2.30. The molecule has 2 aromatic rings. The van der Waals surface area contributed by atoms with Gasteiger partial charge in [0.2, 0.25) is 0 Å². The Morgan fingerprint density at radius 2 is 1.42 bits per heavy atom. The molecule has 2 aromatic carbocycles. The summed E-state index contributed by atoms with van der Waals surface area (Å²) in [5.74, 6) is 1.25. The predicted molar refractivity (Wildman–Crippen MR) is 121 cm³/mol. The Labute approximate surface area is 184 Å². The van der Waals surface area contributed by atoms with Crippen molar-refractivity contribution in [2.24, 2.45) is 17.6 Å². The van der Waals surface area contributed by atoms with Gasteiger partial charge in [0.15, 0.2) is 0 Å². The zero-order chi connectivity index (χ0) is 22.6. The molecule has 1 aliphatic rings. The second-order valence-electron chi connectivity index (χ2n) is 9.36. The van der Waals surface area contributed by atoms with Crippen LogP contribution in [0.25, 0.3) is 0 Å². The van der Waals surface area contributed by atoms with Crippen molar-refractivity contribution in [3.8, 4) is 0 Å². The van der Waals surface area contributed by atoms with Gasteiger partial charge in [0, 0.05) is 19.6 Å². The second kappa shape index (κ2) is 10.2. The van der Waals surface area contributed by atoms with Gasteiger partial charge in [-0.2, -0.15) is 13.2 Å². The van der Waals surface area contributed by atoms with Crippen LogP contribution in [0.1, 0.15) is 59.1 Å².